The molecule has 1 saturated heterocycles. The van der Waals surface area contributed by atoms with Gasteiger partial charge in [0.15, 0.2) is 0 Å². The summed E-state index contributed by atoms with van der Waals surface area (Å²) < 4.78 is 10.8. The van der Waals surface area contributed by atoms with E-state index >= 15 is 0 Å². The van der Waals surface area contributed by atoms with Gasteiger partial charge in [-0.25, -0.2) is 4.98 Å². The van der Waals surface area contributed by atoms with Gasteiger partial charge in [0.1, 0.15) is 5.82 Å². The number of benzene rings is 1. The normalized spacial score (nSPS) is 23.0. The van der Waals surface area contributed by atoms with Crippen LogP contribution >= 0.6 is 11.6 Å². The summed E-state index contributed by atoms with van der Waals surface area (Å²) in [6.07, 6.45) is 8.52. The molecule has 0 bridgehead atoms. The monoisotopic (exact) mass is 500 g/mol. The molecule has 35 heavy (non-hydrogen) atoms. The number of ether oxygens (including phenoxy) is 2. The summed E-state index contributed by atoms with van der Waals surface area (Å²) in [4.78, 5) is 4.58. The summed E-state index contributed by atoms with van der Waals surface area (Å²) in [5.41, 5.74) is 3.50. The van der Waals surface area contributed by atoms with Crippen LogP contribution in [-0.4, -0.2) is 56.6 Å². The van der Waals surface area contributed by atoms with Crippen molar-refractivity contribution in [2.24, 2.45) is 5.41 Å². The van der Waals surface area contributed by atoms with Crippen molar-refractivity contribution < 1.29 is 9.47 Å². The summed E-state index contributed by atoms with van der Waals surface area (Å²) in [7, 11) is 1.76. The maximum absolute atomic E-state index is 6.60. The number of methoxy groups -OCH3 is 1. The highest BCUT2D eigenvalue weighted by Crippen LogP contribution is 2.33. The van der Waals surface area contributed by atoms with Crippen molar-refractivity contribution >= 4 is 23.1 Å². The van der Waals surface area contributed by atoms with Crippen LogP contribution in [0.15, 0.2) is 36.5 Å². The molecule has 1 aromatic heterocycles. The zero-order valence-electron chi connectivity index (χ0n) is 21.4. The van der Waals surface area contributed by atoms with Crippen LogP contribution in [0.2, 0.25) is 5.02 Å². The summed E-state index contributed by atoms with van der Waals surface area (Å²) >= 11 is 6.60. The molecule has 1 aliphatic heterocycles. The first kappa shape index (κ1) is 26.2. The molecule has 0 amide bonds. The maximum Gasteiger partial charge on any atom is 0.126 e. The Morgan fingerprint density at radius 1 is 1.14 bits per heavy atom. The van der Waals surface area contributed by atoms with Gasteiger partial charge in [0.2, 0.25) is 0 Å². The molecule has 4 rings (SSSR count). The second kappa shape index (κ2) is 12.4. The average Bonchev–Trinajstić information content (AvgIpc) is 2.86. The Morgan fingerprint density at radius 3 is 2.63 bits per heavy atom. The molecule has 2 heterocycles. The lowest BCUT2D eigenvalue weighted by Gasteiger charge is -2.34. The van der Waals surface area contributed by atoms with Gasteiger partial charge < -0.3 is 25.4 Å². The number of rotatable bonds is 10. The fourth-order valence-corrected chi connectivity index (χ4v) is 5.42. The molecule has 192 valence electrons. The molecule has 7 heteroatoms. The fraction of sp³-hybridized carbons (Fsp3) is 0.607. The van der Waals surface area contributed by atoms with Crippen LogP contribution in [0.4, 0.5) is 11.5 Å². The topological polar surface area (TPSA) is 67.4 Å². The molecule has 2 fully saturated rings. The van der Waals surface area contributed by atoms with E-state index in [-0.39, 0.29) is 5.41 Å². The standard InChI is InChI=1S/C28H41ClN4O2/c1-20(18-34-3)32-22-7-9-23(10-8-22)33-27-16-25(26(29)17-30-27)21-5-4-6-24(15-21)31-19-28(2)11-13-35-14-12-28/h4-6,15-17,20,22-23,31-32H,7-14,18-19H2,1-3H3,(H,30,33)/t20-,22-,23-/m0/s1. The van der Waals surface area contributed by atoms with E-state index in [1.165, 1.54) is 0 Å². The van der Waals surface area contributed by atoms with Crippen molar-refractivity contribution in [2.45, 2.75) is 70.5 Å². The minimum absolute atomic E-state index is 0.274. The summed E-state index contributed by atoms with van der Waals surface area (Å²) in [5, 5.41) is 11.7. The van der Waals surface area contributed by atoms with Gasteiger partial charge in [-0.05, 0) is 74.6 Å². The predicted molar refractivity (Wildman–Crippen MR) is 145 cm³/mol. The van der Waals surface area contributed by atoms with Crippen molar-refractivity contribution in [3.05, 3.63) is 41.6 Å². The van der Waals surface area contributed by atoms with Crippen molar-refractivity contribution in [1.29, 1.82) is 0 Å². The van der Waals surface area contributed by atoms with E-state index in [0.717, 1.165) is 87.5 Å². The van der Waals surface area contributed by atoms with Gasteiger partial charge in [-0.2, -0.15) is 0 Å². The zero-order chi connectivity index (χ0) is 24.7. The molecule has 1 aliphatic carbocycles. The second-order valence-electron chi connectivity index (χ2n) is 10.6. The van der Waals surface area contributed by atoms with Crippen LogP contribution in [0.25, 0.3) is 11.1 Å². The van der Waals surface area contributed by atoms with Gasteiger partial charge >= 0.3 is 0 Å². The molecule has 2 aliphatic rings. The van der Waals surface area contributed by atoms with Crippen LogP contribution in [-0.2, 0) is 9.47 Å². The Morgan fingerprint density at radius 2 is 1.89 bits per heavy atom. The highest BCUT2D eigenvalue weighted by Gasteiger charge is 2.27. The lowest BCUT2D eigenvalue weighted by molar-refractivity contribution is 0.0300. The number of halogens is 1. The minimum Gasteiger partial charge on any atom is -0.384 e. The molecule has 1 saturated carbocycles. The van der Waals surface area contributed by atoms with Crippen molar-refractivity contribution in [2.75, 3.05) is 44.1 Å². The third kappa shape index (κ3) is 7.56. The molecule has 6 nitrogen and oxygen atoms in total. The first-order valence-corrected chi connectivity index (χ1v) is 13.4. The number of nitrogens with zero attached hydrogens (tertiary/aromatic N) is 1. The van der Waals surface area contributed by atoms with Crippen LogP contribution in [0.5, 0.6) is 0 Å². The molecule has 0 spiro atoms. The molecular weight excluding hydrogens is 460 g/mol. The highest BCUT2D eigenvalue weighted by molar-refractivity contribution is 6.33. The lowest BCUT2D eigenvalue weighted by Crippen LogP contribution is -2.42. The number of hydrogen-bond donors (Lipinski definition) is 3. The van der Waals surface area contributed by atoms with Gasteiger partial charge in [0, 0.05) is 62.4 Å². The van der Waals surface area contributed by atoms with Gasteiger partial charge in [0.05, 0.1) is 11.6 Å². The molecule has 2 aromatic rings. The third-order valence-electron chi connectivity index (χ3n) is 7.46. The van der Waals surface area contributed by atoms with Crippen molar-refractivity contribution in [3.63, 3.8) is 0 Å². The quantitative estimate of drug-likeness (QED) is 0.373. The van der Waals surface area contributed by atoms with Crippen LogP contribution in [0, 0.1) is 5.41 Å². The summed E-state index contributed by atoms with van der Waals surface area (Å²) in [5.74, 6) is 0.890. The fourth-order valence-electron chi connectivity index (χ4n) is 5.21. The second-order valence-corrected chi connectivity index (χ2v) is 11.0. The first-order valence-electron chi connectivity index (χ1n) is 13.0. The van der Waals surface area contributed by atoms with E-state index in [0.29, 0.717) is 23.1 Å². The van der Waals surface area contributed by atoms with Gasteiger partial charge in [-0.3, -0.25) is 0 Å². The summed E-state index contributed by atoms with van der Waals surface area (Å²) in [6.45, 7) is 7.92. The van der Waals surface area contributed by atoms with E-state index in [2.05, 4.69) is 65.1 Å². The first-order chi connectivity index (χ1) is 16.9. The largest absolute Gasteiger partial charge is 0.384 e. The summed E-state index contributed by atoms with van der Waals surface area (Å²) in [6, 6.07) is 12.0. The Bertz CT molecular complexity index is 942. The molecule has 3 N–H and O–H groups in total. The smallest absolute Gasteiger partial charge is 0.126 e. The Hall–Kier alpha value is -1.86. The Kier molecular flexibility index (Phi) is 9.28. The van der Waals surface area contributed by atoms with Crippen molar-refractivity contribution in [3.8, 4) is 11.1 Å². The number of anilines is 2. The third-order valence-corrected chi connectivity index (χ3v) is 7.77. The number of aromatic nitrogens is 1. The Balaban J connectivity index is 1.36. The van der Waals surface area contributed by atoms with Gasteiger partial charge in [0.25, 0.3) is 0 Å². The molecule has 1 atom stereocenters. The zero-order valence-corrected chi connectivity index (χ0v) is 22.2. The lowest BCUT2D eigenvalue weighted by atomic mass is 9.82. The van der Waals surface area contributed by atoms with E-state index in [1.807, 2.05) is 0 Å². The highest BCUT2D eigenvalue weighted by atomic mass is 35.5. The van der Waals surface area contributed by atoms with E-state index in [1.54, 1.807) is 13.3 Å². The van der Waals surface area contributed by atoms with E-state index in [4.69, 9.17) is 21.1 Å². The molecule has 1 aromatic carbocycles. The van der Waals surface area contributed by atoms with Crippen LogP contribution in [0.1, 0.15) is 52.4 Å². The maximum atomic E-state index is 6.60. The van der Waals surface area contributed by atoms with Crippen molar-refractivity contribution in [1.82, 2.24) is 10.3 Å². The predicted octanol–water partition coefficient (Wildman–Crippen LogP) is 5.98. The Labute approximate surface area is 215 Å². The number of hydrogen-bond acceptors (Lipinski definition) is 6. The van der Waals surface area contributed by atoms with Gasteiger partial charge in [-0.15, -0.1) is 0 Å². The molecular formula is C28H41ClN4O2. The molecule has 0 unspecified atom stereocenters. The van der Waals surface area contributed by atoms with Gasteiger partial charge in [-0.1, -0.05) is 30.7 Å². The minimum atomic E-state index is 0.274. The van der Waals surface area contributed by atoms with E-state index in [9.17, 15) is 0 Å². The number of nitrogens with one attached hydrogen (secondary N) is 3. The van der Waals surface area contributed by atoms with Crippen LogP contribution < -0.4 is 16.0 Å². The molecule has 0 radical (unpaired) electrons. The number of pyridine rings is 1. The SMILES string of the molecule is COC[C@H](C)N[C@H]1CC[C@H](Nc2cc(-c3cccc(NCC4(C)CCOCC4)c3)c(Cl)cn2)CC1. The van der Waals surface area contributed by atoms with E-state index < -0.39 is 0 Å². The van der Waals surface area contributed by atoms with Crippen LogP contribution in [0.3, 0.4) is 0 Å². The average molecular weight is 501 g/mol.